The van der Waals surface area contributed by atoms with E-state index in [1.807, 2.05) is 6.07 Å². The Morgan fingerprint density at radius 1 is 1.19 bits per heavy atom. The summed E-state index contributed by atoms with van der Waals surface area (Å²) in [7, 11) is 0. The van der Waals surface area contributed by atoms with Crippen LogP contribution < -0.4 is 9.47 Å². The van der Waals surface area contributed by atoms with Crippen LogP contribution in [0.25, 0.3) is 5.69 Å². The lowest BCUT2D eigenvalue weighted by atomic mass is 10.0. The Morgan fingerprint density at radius 2 is 1.96 bits per heavy atom. The second kappa shape index (κ2) is 6.90. The zero-order chi connectivity index (χ0) is 19.0. The number of carbonyl (C=O) groups excluding carboxylic acids is 1. The van der Waals surface area contributed by atoms with E-state index < -0.39 is 17.9 Å². The predicted molar refractivity (Wildman–Crippen MR) is 93.4 cm³/mol. The lowest BCUT2D eigenvalue weighted by Gasteiger charge is -2.32. The number of aliphatic carboxylic acids is 1. The van der Waals surface area contributed by atoms with Gasteiger partial charge >= 0.3 is 5.97 Å². The Labute approximate surface area is 155 Å². The van der Waals surface area contributed by atoms with Crippen LogP contribution in [0.15, 0.2) is 18.2 Å². The highest BCUT2D eigenvalue weighted by molar-refractivity contribution is 5.96. The van der Waals surface area contributed by atoms with Crippen LogP contribution in [0.2, 0.25) is 0 Å². The van der Waals surface area contributed by atoms with Gasteiger partial charge in [-0.15, -0.1) is 5.10 Å². The standard InChI is InChI=1S/C18H20N4O5/c1-11-16(17(23)21-7-3-2-4-13(21)18(24)25)19-20-22(11)12-5-6-14-15(10-12)27-9-8-26-14/h5-6,10,13H,2-4,7-9H2,1H3,(H,24,25)/t13-/m1/s1. The van der Waals surface area contributed by atoms with E-state index in [9.17, 15) is 14.7 Å². The van der Waals surface area contributed by atoms with Gasteiger partial charge in [0, 0.05) is 12.6 Å². The van der Waals surface area contributed by atoms with Gasteiger partial charge in [0.25, 0.3) is 5.91 Å². The average molecular weight is 372 g/mol. The SMILES string of the molecule is Cc1c(C(=O)N2CCCC[C@@H]2C(=O)O)nnn1-c1ccc2c(c1)OCCO2. The maximum Gasteiger partial charge on any atom is 0.326 e. The lowest BCUT2D eigenvalue weighted by Crippen LogP contribution is -2.48. The van der Waals surface area contributed by atoms with Gasteiger partial charge in [0.2, 0.25) is 0 Å². The number of nitrogens with zero attached hydrogens (tertiary/aromatic N) is 4. The normalized spacial score (nSPS) is 19.0. The molecule has 2 aliphatic rings. The highest BCUT2D eigenvalue weighted by Crippen LogP contribution is 2.32. The second-order valence-electron chi connectivity index (χ2n) is 6.61. The van der Waals surface area contributed by atoms with Crippen molar-refractivity contribution < 1.29 is 24.2 Å². The molecule has 27 heavy (non-hydrogen) atoms. The molecule has 1 fully saturated rings. The van der Waals surface area contributed by atoms with Crippen LogP contribution in [0.3, 0.4) is 0 Å². The van der Waals surface area contributed by atoms with E-state index in [1.165, 1.54) is 4.90 Å². The van der Waals surface area contributed by atoms with Gasteiger partial charge in [-0.2, -0.15) is 0 Å². The number of likely N-dealkylation sites (tertiary alicyclic amines) is 1. The summed E-state index contributed by atoms with van der Waals surface area (Å²) < 4.78 is 12.7. The van der Waals surface area contributed by atoms with Gasteiger partial charge in [-0.25, -0.2) is 9.48 Å². The Kier molecular flexibility index (Phi) is 4.43. The number of hydrogen-bond acceptors (Lipinski definition) is 6. The minimum Gasteiger partial charge on any atom is -0.486 e. The number of ether oxygens (including phenoxy) is 2. The van der Waals surface area contributed by atoms with Crippen molar-refractivity contribution >= 4 is 11.9 Å². The first-order valence-electron chi connectivity index (χ1n) is 8.92. The topological polar surface area (TPSA) is 107 Å². The lowest BCUT2D eigenvalue weighted by molar-refractivity contribution is -0.143. The van der Waals surface area contributed by atoms with Crippen LogP contribution in [0.4, 0.5) is 0 Å². The summed E-state index contributed by atoms with van der Waals surface area (Å²) in [6.07, 6.45) is 2.03. The first-order chi connectivity index (χ1) is 13.1. The third-order valence-corrected chi connectivity index (χ3v) is 4.92. The highest BCUT2D eigenvalue weighted by atomic mass is 16.6. The number of carbonyl (C=O) groups is 2. The first kappa shape index (κ1) is 17.3. The van der Waals surface area contributed by atoms with Crippen molar-refractivity contribution in [1.29, 1.82) is 0 Å². The monoisotopic (exact) mass is 372 g/mol. The van der Waals surface area contributed by atoms with Crippen molar-refractivity contribution in [3.8, 4) is 17.2 Å². The molecule has 1 aromatic heterocycles. The Morgan fingerprint density at radius 3 is 2.74 bits per heavy atom. The van der Waals surface area contributed by atoms with Crippen molar-refractivity contribution in [2.75, 3.05) is 19.8 Å². The molecular formula is C18H20N4O5. The highest BCUT2D eigenvalue weighted by Gasteiger charge is 2.34. The van der Waals surface area contributed by atoms with Crippen LogP contribution in [0.1, 0.15) is 35.4 Å². The maximum atomic E-state index is 12.9. The molecule has 1 atom stereocenters. The van der Waals surface area contributed by atoms with Crippen LogP contribution in [-0.4, -0.2) is 62.7 Å². The summed E-state index contributed by atoms with van der Waals surface area (Å²) in [5.74, 6) is -0.108. The van der Waals surface area contributed by atoms with Gasteiger partial charge in [-0.3, -0.25) is 4.79 Å². The molecule has 1 N–H and O–H groups in total. The second-order valence-corrected chi connectivity index (χ2v) is 6.61. The van der Waals surface area contributed by atoms with Gasteiger partial charge in [0.05, 0.1) is 11.4 Å². The molecule has 2 aliphatic heterocycles. The molecule has 1 amide bonds. The molecule has 9 nitrogen and oxygen atoms in total. The van der Waals surface area contributed by atoms with E-state index in [1.54, 1.807) is 23.7 Å². The van der Waals surface area contributed by atoms with Crippen molar-refractivity contribution in [3.05, 3.63) is 29.6 Å². The number of hydrogen-bond donors (Lipinski definition) is 1. The van der Waals surface area contributed by atoms with Crippen LogP contribution in [-0.2, 0) is 4.79 Å². The summed E-state index contributed by atoms with van der Waals surface area (Å²) >= 11 is 0. The molecule has 0 spiro atoms. The van der Waals surface area contributed by atoms with E-state index in [0.717, 1.165) is 12.8 Å². The molecule has 0 bridgehead atoms. The third-order valence-electron chi connectivity index (χ3n) is 4.92. The Balaban J connectivity index is 1.64. The molecule has 9 heteroatoms. The molecule has 0 radical (unpaired) electrons. The summed E-state index contributed by atoms with van der Waals surface area (Å²) in [4.78, 5) is 25.8. The number of carboxylic acids is 1. The molecule has 0 aliphatic carbocycles. The zero-order valence-corrected chi connectivity index (χ0v) is 14.9. The molecule has 0 unspecified atom stereocenters. The first-order valence-corrected chi connectivity index (χ1v) is 8.92. The predicted octanol–water partition coefficient (Wildman–Crippen LogP) is 1.43. The summed E-state index contributed by atoms with van der Waals surface area (Å²) in [6.45, 7) is 3.13. The molecule has 2 aromatic rings. The Hall–Kier alpha value is -3.10. The van der Waals surface area contributed by atoms with E-state index in [-0.39, 0.29) is 5.69 Å². The number of amides is 1. The number of rotatable bonds is 3. The number of piperidine rings is 1. The minimum atomic E-state index is -0.986. The van der Waals surface area contributed by atoms with Crippen LogP contribution in [0.5, 0.6) is 11.5 Å². The van der Waals surface area contributed by atoms with Gasteiger partial charge in [0.15, 0.2) is 17.2 Å². The molecular weight excluding hydrogens is 352 g/mol. The van der Waals surface area contributed by atoms with E-state index in [2.05, 4.69) is 10.3 Å². The molecule has 1 saturated heterocycles. The largest absolute Gasteiger partial charge is 0.486 e. The summed E-state index contributed by atoms with van der Waals surface area (Å²) in [6, 6.07) is 4.57. The Bertz CT molecular complexity index is 894. The maximum absolute atomic E-state index is 12.9. The minimum absolute atomic E-state index is 0.165. The number of aromatic nitrogens is 3. The molecule has 0 saturated carbocycles. The molecule has 142 valence electrons. The van der Waals surface area contributed by atoms with Crippen molar-refractivity contribution in [1.82, 2.24) is 19.9 Å². The van der Waals surface area contributed by atoms with Gasteiger partial charge in [0.1, 0.15) is 19.3 Å². The van der Waals surface area contributed by atoms with Crippen LogP contribution in [0, 0.1) is 6.92 Å². The fourth-order valence-corrected chi connectivity index (χ4v) is 3.50. The summed E-state index contributed by atoms with van der Waals surface area (Å²) in [5, 5.41) is 17.5. The number of fused-ring (bicyclic) bond motifs is 1. The number of carboxylic acid groups (broad SMARTS) is 1. The quantitative estimate of drug-likeness (QED) is 0.868. The molecule has 3 heterocycles. The van der Waals surface area contributed by atoms with Crippen molar-refractivity contribution in [2.24, 2.45) is 0 Å². The fourth-order valence-electron chi connectivity index (χ4n) is 3.50. The molecule has 4 rings (SSSR count). The molecule has 1 aromatic carbocycles. The van der Waals surface area contributed by atoms with Gasteiger partial charge < -0.3 is 19.5 Å². The van der Waals surface area contributed by atoms with E-state index >= 15 is 0 Å². The van der Waals surface area contributed by atoms with Crippen molar-refractivity contribution in [3.63, 3.8) is 0 Å². The zero-order valence-electron chi connectivity index (χ0n) is 14.9. The van der Waals surface area contributed by atoms with E-state index in [0.29, 0.717) is 49.1 Å². The fraction of sp³-hybridized carbons (Fsp3) is 0.444. The van der Waals surface area contributed by atoms with Crippen LogP contribution >= 0.6 is 0 Å². The third kappa shape index (κ3) is 3.09. The average Bonchev–Trinajstić information content (AvgIpc) is 3.08. The van der Waals surface area contributed by atoms with E-state index in [4.69, 9.17) is 9.47 Å². The number of benzene rings is 1. The van der Waals surface area contributed by atoms with Gasteiger partial charge in [-0.05, 0) is 38.3 Å². The van der Waals surface area contributed by atoms with Gasteiger partial charge in [-0.1, -0.05) is 5.21 Å². The summed E-state index contributed by atoms with van der Waals surface area (Å²) in [5.41, 5.74) is 1.40. The smallest absolute Gasteiger partial charge is 0.326 e. The van der Waals surface area contributed by atoms with Crippen molar-refractivity contribution in [2.45, 2.75) is 32.2 Å².